The van der Waals surface area contributed by atoms with Crippen molar-refractivity contribution in [2.75, 3.05) is 13.2 Å². The van der Waals surface area contributed by atoms with E-state index in [2.05, 4.69) is 62.0 Å². The summed E-state index contributed by atoms with van der Waals surface area (Å²) in [5.74, 6) is 2.16. The van der Waals surface area contributed by atoms with E-state index in [-0.39, 0.29) is 11.6 Å². The molecule has 6 rings (SSSR count). The van der Waals surface area contributed by atoms with Gasteiger partial charge in [-0.25, -0.2) is 4.68 Å². The van der Waals surface area contributed by atoms with Crippen LogP contribution < -0.4 is 15.0 Å². The van der Waals surface area contributed by atoms with Gasteiger partial charge in [0.1, 0.15) is 13.2 Å². The molecular weight excluding hydrogens is 512 g/mol. The van der Waals surface area contributed by atoms with Crippen molar-refractivity contribution in [2.24, 2.45) is 0 Å². The largest absolute Gasteiger partial charge is 0.486 e. The van der Waals surface area contributed by atoms with Gasteiger partial charge in [-0.05, 0) is 52.4 Å². The molecule has 0 spiro atoms. The SMILES string of the molecule is CC[C@H](c1nnnn1CCc1ccccc1)N(Cc1cccs1)Cc1cc2cc3c(cc2[nH]c1=O)OCCO3. The Morgan fingerprint density at radius 2 is 1.87 bits per heavy atom. The topological polar surface area (TPSA) is 98.2 Å². The van der Waals surface area contributed by atoms with Gasteiger partial charge in [0.2, 0.25) is 0 Å². The van der Waals surface area contributed by atoms with Crippen molar-refractivity contribution in [2.45, 2.75) is 45.4 Å². The van der Waals surface area contributed by atoms with Gasteiger partial charge in [0.05, 0.1) is 11.6 Å². The summed E-state index contributed by atoms with van der Waals surface area (Å²) in [6.07, 6.45) is 1.63. The van der Waals surface area contributed by atoms with Crippen LogP contribution in [0.5, 0.6) is 11.5 Å². The first kappa shape index (κ1) is 25.3. The van der Waals surface area contributed by atoms with Gasteiger partial charge in [0.25, 0.3) is 5.56 Å². The average Bonchev–Trinajstić information content (AvgIpc) is 3.65. The van der Waals surface area contributed by atoms with Gasteiger partial charge in [-0.2, -0.15) is 0 Å². The molecule has 2 aromatic carbocycles. The number of aromatic amines is 1. The molecule has 1 aliphatic heterocycles. The number of ether oxygens (including phenoxy) is 2. The maximum absolute atomic E-state index is 13.3. The molecule has 9 nitrogen and oxygen atoms in total. The second kappa shape index (κ2) is 11.4. The van der Waals surface area contributed by atoms with Crippen molar-refractivity contribution in [3.8, 4) is 11.5 Å². The van der Waals surface area contributed by atoms with Crippen molar-refractivity contribution < 1.29 is 9.47 Å². The molecule has 0 radical (unpaired) electrons. The summed E-state index contributed by atoms with van der Waals surface area (Å²) in [4.78, 5) is 19.8. The van der Waals surface area contributed by atoms with Gasteiger partial charge in [-0.1, -0.05) is 43.3 Å². The number of nitrogens with zero attached hydrogens (tertiary/aromatic N) is 5. The number of tetrazole rings is 1. The summed E-state index contributed by atoms with van der Waals surface area (Å²) in [7, 11) is 0. The Labute approximate surface area is 230 Å². The number of thiophene rings is 1. The molecule has 0 saturated heterocycles. The lowest BCUT2D eigenvalue weighted by atomic mass is 10.1. The van der Waals surface area contributed by atoms with Crippen molar-refractivity contribution in [1.82, 2.24) is 30.1 Å². The second-order valence-electron chi connectivity index (χ2n) is 9.61. The first-order chi connectivity index (χ1) is 19.2. The van der Waals surface area contributed by atoms with E-state index in [0.717, 1.165) is 29.6 Å². The van der Waals surface area contributed by atoms with Crippen molar-refractivity contribution >= 4 is 22.2 Å². The number of aryl methyl sites for hydroxylation is 2. The van der Waals surface area contributed by atoms with Crippen LogP contribution in [0.3, 0.4) is 0 Å². The Morgan fingerprint density at radius 1 is 1.05 bits per heavy atom. The number of hydrogen-bond donors (Lipinski definition) is 1. The molecule has 200 valence electrons. The van der Waals surface area contributed by atoms with Crippen LogP contribution in [0.15, 0.2) is 70.8 Å². The van der Waals surface area contributed by atoms with E-state index in [1.807, 2.05) is 41.1 Å². The lowest BCUT2D eigenvalue weighted by Crippen LogP contribution is -2.32. The maximum Gasteiger partial charge on any atom is 0.252 e. The molecule has 0 fully saturated rings. The molecule has 1 atom stereocenters. The number of H-pyrrole nitrogens is 1. The molecule has 1 N–H and O–H groups in total. The van der Waals surface area contributed by atoms with E-state index in [9.17, 15) is 4.79 Å². The molecule has 10 heteroatoms. The van der Waals surface area contributed by atoms with Crippen LogP contribution in [0.1, 0.15) is 41.2 Å². The van der Waals surface area contributed by atoms with E-state index in [0.29, 0.717) is 49.9 Å². The average molecular weight is 543 g/mol. The number of nitrogens with one attached hydrogen (secondary N) is 1. The smallest absolute Gasteiger partial charge is 0.252 e. The minimum Gasteiger partial charge on any atom is -0.486 e. The van der Waals surface area contributed by atoms with E-state index < -0.39 is 0 Å². The number of benzene rings is 2. The molecule has 0 amide bonds. The number of fused-ring (bicyclic) bond motifs is 2. The summed E-state index contributed by atoms with van der Waals surface area (Å²) >= 11 is 1.70. The zero-order valence-corrected chi connectivity index (χ0v) is 22.6. The standard InChI is InChI=1S/C29H30N6O3S/c1-2-25(28-31-32-33-35(28)11-10-20-7-4-3-5-8-20)34(19-23-9-6-14-39-23)18-22-15-21-16-26-27(38-13-12-37-26)17-24(21)30-29(22)36/h3-9,14-17,25H,2,10-13,18-19H2,1H3,(H,30,36)/t25-/m1/s1. The summed E-state index contributed by atoms with van der Waals surface area (Å²) in [6, 6.07) is 20.2. The molecule has 5 aromatic rings. The quantitative estimate of drug-likeness (QED) is 0.272. The molecule has 0 bridgehead atoms. The predicted octanol–water partition coefficient (Wildman–Crippen LogP) is 4.74. The third-order valence-electron chi connectivity index (χ3n) is 7.04. The van der Waals surface area contributed by atoms with E-state index >= 15 is 0 Å². The van der Waals surface area contributed by atoms with Crippen LogP contribution in [0, 0.1) is 0 Å². The van der Waals surface area contributed by atoms with Crippen LogP contribution in [0.2, 0.25) is 0 Å². The van der Waals surface area contributed by atoms with Crippen LogP contribution in [-0.2, 0) is 26.1 Å². The monoisotopic (exact) mass is 542 g/mol. The molecule has 0 saturated carbocycles. The Kier molecular flexibility index (Phi) is 7.38. The number of aromatic nitrogens is 5. The molecule has 3 aromatic heterocycles. The Bertz CT molecular complexity index is 1600. The summed E-state index contributed by atoms with van der Waals surface area (Å²) < 4.78 is 13.4. The third kappa shape index (κ3) is 5.57. The fraction of sp³-hybridized carbons (Fsp3) is 0.310. The zero-order valence-electron chi connectivity index (χ0n) is 21.7. The lowest BCUT2D eigenvalue weighted by Gasteiger charge is -2.30. The van der Waals surface area contributed by atoms with Crippen molar-refractivity contribution in [3.05, 3.63) is 98.2 Å². The summed E-state index contributed by atoms with van der Waals surface area (Å²) in [5, 5.41) is 15.8. The maximum atomic E-state index is 13.3. The molecular formula is C29H30N6O3S. The Balaban J connectivity index is 1.31. The van der Waals surface area contributed by atoms with Crippen molar-refractivity contribution in [1.29, 1.82) is 0 Å². The van der Waals surface area contributed by atoms with Crippen molar-refractivity contribution in [3.63, 3.8) is 0 Å². The van der Waals surface area contributed by atoms with E-state index in [4.69, 9.17) is 9.47 Å². The van der Waals surface area contributed by atoms with Gasteiger partial charge < -0.3 is 14.5 Å². The minimum absolute atomic E-state index is 0.0757. The normalized spacial score (nSPS) is 13.7. The third-order valence-corrected chi connectivity index (χ3v) is 7.90. The molecule has 1 aliphatic rings. The molecule has 0 unspecified atom stereocenters. The van der Waals surface area contributed by atoms with Gasteiger partial charge in [0.15, 0.2) is 17.3 Å². The zero-order chi connectivity index (χ0) is 26.6. The highest BCUT2D eigenvalue weighted by Gasteiger charge is 2.26. The summed E-state index contributed by atoms with van der Waals surface area (Å²) in [5.41, 5.74) is 2.53. The number of rotatable bonds is 10. The highest BCUT2D eigenvalue weighted by molar-refractivity contribution is 7.09. The fourth-order valence-corrected chi connectivity index (χ4v) is 5.83. The van der Waals surface area contributed by atoms with Crippen LogP contribution in [0.25, 0.3) is 10.9 Å². The van der Waals surface area contributed by atoms with Crippen LogP contribution in [0.4, 0.5) is 0 Å². The van der Waals surface area contributed by atoms with E-state index in [1.165, 1.54) is 10.4 Å². The molecule has 0 aliphatic carbocycles. The number of hydrogen-bond acceptors (Lipinski definition) is 8. The Hall–Kier alpha value is -4.02. The molecule has 4 heterocycles. The van der Waals surface area contributed by atoms with E-state index in [1.54, 1.807) is 11.3 Å². The summed E-state index contributed by atoms with van der Waals surface area (Å²) in [6.45, 7) is 4.96. The highest BCUT2D eigenvalue weighted by Crippen LogP contribution is 2.34. The first-order valence-electron chi connectivity index (χ1n) is 13.2. The minimum atomic E-state index is -0.117. The van der Waals surface area contributed by atoms with Crippen LogP contribution in [-0.4, -0.2) is 43.3 Å². The molecule has 39 heavy (non-hydrogen) atoms. The number of pyridine rings is 1. The first-order valence-corrected chi connectivity index (χ1v) is 14.1. The van der Waals surface area contributed by atoms with Gasteiger partial charge in [-0.3, -0.25) is 9.69 Å². The van der Waals surface area contributed by atoms with Gasteiger partial charge >= 0.3 is 0 Å². The lowest BCUT2D eigenvalue weighted by molar-refractivity contribution is 0.162. The fourth-order valence-electron chi connectivity index (χ4n) is 5.10. The second-order valence-corrected chi connectivity index (χ2v) is 10.6. The van der Waals surface area contributed by atoms with Gasteiger partial charge in [-0.15, -0.1) is 16.4 Å². The Morgan fingerprint density at radius 3 is 2.64 bits per heavy atom. The van der Waals surface area contributed by atoms with Gasteiger partial charge in [0, 0.05) is 41.5 Å². The highest BCUT2D eigenvalue weighted by atomic mass is 32.1. The predicted molar refractivity (Wildman–Crippen MR) is 150 cm³/mol. The van der Waals surface area contributed by atoms with Crippen LogP contribution >= 0.6 is 11.3 Å².